The molecule has 1 aliphatic rings. The smallest absolute Gasteiger partial charge is 0.308 e. The fourth-order valence-corrected chi connectivity index (χ4v) is 1.69. The second-order valence-electron chi connectivity index (χ2n) is 4.45. The molecular formula is C14H15NO4. The fraction of sp³-hybridized carbons (Fsp3) is 0.286. The lowest BCUT2D eigenvalue weighted by molar-refractivity contribution is -0.141. The van der Waals surface area contributed by atoms with Crippen LogP contribution in [0.3, 0.4) is 0 Å². The molecule has 5 heteroatoms. The van der Waals surface area contributed by atoms with Crippen molar-refractivity contribution in [3.63, 3.8) is 0 Å². The molecule has 1 atom stereocenters. The molecule has 1 aromatic rings. The summed E-state index contributed by atoms with van der Waals surface area (Å²) in [7, 11) is 0. The number of hydrogen-bond donors (Lipinski definition) is 2. The van der Waals surface area contributed by atoms with Gasteiger partial charge in [-0.3, -0.25) is 9.59 Å². The summed E-state index contributed by atoms with van der Waals surface area (Å²) in [6.07, 6.45) is 1.76. The highest BCUT2D eigenvalue weighted by molar-refractivity contribution is 5.99. The Labute approximate surface area is 110 Å². The maximum absolute atomic E-state index is 11.9. The van der Waals surface area contributed by atoms with Gasteiger partial charge in [0.2, 0.25) is 0 Å². The molecular weight excluding hydrogens is 246 g/mol. The molecule has 1 aliphatic heterocycles. The van der Waals surface area contributed by atoms with E-state index in [-0.39, 0.29) is 19.1 Å². The number of carbonyl (C=O) groups is 2. The van der Waals surface area contributed by atoms with Crippen molar-refractivity contribution in [2.45, 2.75) is 6.92 Å². The van der Waals surface area contributed by atoms with E-state index in [4.69, 9.17) is 9.84 Å². The lowest BCUT2D eigenvalue weighted by atomic mass is 10.1. The molecule has 1 heterocycles. The molecule has 0 saturated carbocycles. The first-order chi connectivity index (χ1) is 9.08. The molecule has 0 bridgehead atoms. The zero-order chi connectivity index (χ0) is 13.8. The third kappa shape index (κ3) is 3.13. The molecule has 0 aromatic heterocycles. The van der Waals surface area contributed by atoms with Gasteiger partial charge >= 0.3 is 5.97 Å². The van der Waals surface area contributed by atoms with Crippen LogP contribution in [0.2, 0.25) is 0 Å². The minimum atomic E-state index is -0.931. The number of aliphatic carboxylic acids is 1. The van der Waals surface area contributed by atoms with Gasteiger partial charge in [0.1, 0.15) is 12.4 Å². The number of nitrogens with one attached hydrogen (secondary N) is 1. The largest absolute Gasteiger partial charge is 0.488 e. The van der Waals surface area contributed by atoms with E-state index in [9.17, 15) is 9.59 Å². The Morgan fingerprint density at radius 1 is 1.42 bits per heavy atom. The Hall–Kier alpha value is -2.30. The summed E-state index contributed by atoms with van der Waals surface area (Å²) < 4.78 is 5.47. The fourth-order valence-electron chi connectivity index (χ4n) is 1.69. The average molecular weight is 261 g/mol. The number of hydrogen-bond acceptors (Lipinski definition) is 3. The van der Waals surface area contributed by atoms with Gasteiger partial charge in [-0.2, -0.15) is 0 Å². The van der Waals surface area contributed by atoms with Crippen LogP contribution in [0.5, 0.6) is 5.75 Å². The van der Waals surface area contributed by atoms with E-state index in [2.05, 4.69) is 5.32 Å². The summed E-state index contributed by atoms with van der Waals surface area (Å²) in [5.41, 5.74) is 1.35. The SMILES string of the molecule is C[C@H](CNC(=O)C1=Cc2ccccc2OC1)C(=O)O. The Morgan fingerprint density at radius 2 is 2.16 bits per heavy atom. The Bertz CT molecular complexity index is 536. The van der Waals surface area contributed by atoms with Crippen LogP contribution in [-0.2, 0) is 9.59 Å². The van der Waals surface area contributed by atoms with Crippen molar-refractivity contribution in [2.24, 2.45) is 5.92 Å². The molecule has 0 radical (unpaired) electrons. The van der Waals surface area contributed by atoms with Gasteiger partial charge in [0, 0.05) is 12.1 Å². The van der Waals surface area contributed by atoms with Gasteiger partial charge < -0.3 is 15.2 Å². The Balaban J connectivity index is 2.02. The number of carboxylic acids is 1. The minimum Gasteiger partial charge on any atom is -0.488 e. The van der Waals surface area contributed by atoms with Crippen LogP contribution in [0.25, 0.3) is 6.08 Å². The minimum absolute atomic E-state index is 0.104. The molecule has 0 aliphatic carbocycles. The predicted molar refractivity (Wildman–Crippen MR) is 69.7 cm³/mol. The van der Waals surface area contributed by atoms with Crippen LogP contribution in [0.4, 0.5) is 0 Å². The molecule has 1 amide bonds. The summed E-state index contributed by atoms with van der Waals surface area (Å²) in [5, 5.41) is 11.3. The van der Waals surface area contributed by atoms with Crippen molar-refractivity contribution in [3.05, 3.63) is 35.4 Å². The maximum atomic E-state index is 11.9. The van der Waals surface area contributed by atoms with Crippen LogP contribution in [0.1, 0.15) is 12.5 Å². The highest BCUT2D eigenvalue weighted by Gasteiger charge is 2.18. The zero-order valence-electron chi connectivity index (χ0n) is 10.6. The zero-order valence-corrected chi connectivity index (χ0v) is 10.6. The van der Waals surface area contributed by atoms with Crippen LogP contribution >= 0.6 is 0 Å². The average Bonchev–Trinajstić information content (AvgIpc) is 2.43. The standard InChI is InChI=1S/C14H15NO4/c1-9(14(17)18)7-15-13(16)11-6-10-4-2-3-5-12(10)19-8-11/h2-6,9H,7-8H2,1H3,(H,15,16)(H,17,18)/t9-/m1/s1. The van der Waals surface area contributed by atoms with E-state index < -0.39 is 11.9 Å². The Morgan fingerprint density at radius 3 is 2.89 bits per heavy atom. The van der Waals surface area contributed by atoms with Crippen molar-refractivity contribution in [1.29, 1.82) is 0 Å². The monoisotopic (exact) mass is 261 g/mol. The third-order valence-electron chi connectivity index (χ3n) is 2.91. The first-order valence-corrected chi connectivity index (χ1v) is 6.01. The van der Waals surface area contributed by atoms with Crippen LogP contribution in [0.15, 0.2) is 29.8 Å². The molecule has 0 fully saturated rings. The Kier molecular flexibility index (Phi) is 3.85. The molecule has 2 N–H and O–H groups in total. The van der Waals surface area contributed by atoms with Gasteiger partial charge in [0.15, 0.2) is 0 Å². The van der Waals surface area contributed by atoms with Gasteiger partial charge in [0.25, 0.3) is 5.91 Å². The first kappa shape index (κ1) is 13.1. The summed E-state index contributed by atoms with van der Waals surface area (Å²) in [6, 6.07) is 7.44. The molecule has 0 unspecified atom stereocenters. The number of ether oxygens (including phenoxy) is 1. The number of carboxylic acid groups (broad SMARTS) is 1. The van der Waals surface area contributed by atoms with Crippen LogP contribution < -0.4 is 10.1 Å². The van der Waals surface area contributed by atoms with Gasteiger partial charge in [0.05, 0.1) is 11.5 Å². The molecule has 100 valence electrons. The quantitative estimate of drug-likeness (QED) is 0.856. The number of fused-ring (bicyclic) bond motifs is 1. The van der Waals surface area contributed by atoms with Gasteiger partial charge in [-0.15, -0.1) is 0 Å². The molecule has 19 heavy (non-hydrogen) atoms. The second kappa shape index (κ2) is 5.56. The third-order valence-corrected chi connectivity index (χ3v) is 2.91. The summed E-state index contributed by atoms with van der Waals surface area (Å²) in [6.45, 7) is 1.85. The van der Waals surface area contributed by atoms with Crippen LogP contribution in [0, 0.1) is 5.92 Å². The lowest BCUT2D eigenvalue weighted by Gasteiger charge is -2.17. The molecule has 2 rings (SSSR count). The van der Waals surface area contributed by atoms with Gasteiger partial charge in [-0.1, -0.05) is 25.1 Å². The van der Waals surface area contributed by atoms with Crippen molar-refractivity contribution >= 4 is 18.0 Å². The highest BCUT2D eigenvalue weighted by atomic mass is 16.5. The highest BCUT2D eigenvalue weighted by Crippen LogP contribution is 2.25. The van der Waals surface area contributed by atoms with E-state index in [1.165, 1.54) is 0 Å². The predicted octanol–water partition coefficient (Wildman–Crippen LogP) is 1.30. The number of rotatable bonds is 4. The topological polar surface area (TPSA) is 75.6 Å². The summed E-state index contributed by atoms with van der Waals surface area (Å²) >= 11 is 0. The molecule has 5 nitrogen and oxygen atoms in total. The first-order valence-electron chi connectivity index (χ1n) is 6.01. The second-order valence-corrected chi connectivity index (χ2v) is 4.45. The number of amides is 1. The van der Waals surface area contributed by atoms with Gasteiger partial charge in [-0.05, 0) is 12.1 Å². The van der Waals surface area contributed by atoms with E-state index in [0.29, 0.717) is 5.57 Å². The molecule has 0 saturated heterocycles. The number of benzene rings is 1. The van der Waals surface area contributed by atoms with Crippen molar-refractivity contribution in [1.82, 2.24) is 5.32 Å². The number of para-hydroxylation sites is 1. The van der Waals surface area contributed by atoms with E-state index in [0.717, 1.165) is 11.3 Å². The van der Waals surface area contributed by atoms with Crippen LogP contribution in [-0.4, -0.2) is 30.1 Å². The summed E-state index contributed by atoms with van der Waals surface area (Å²) in [5.74, 6) is -1.08. The summed E-state index contributed by atoms with van der Waals surface area (Å²) in [4.78, 5) is 22.5. The number of carbonyl (C=O) groups excluding carboxylic acids is 1. The lowest BCUT2D eigenvalue weighted by Crippen LogP contribution is -2.34. The van der Waals surface area contributed by atoms with E-state index in [1.807, 2.05) is 24.3 Å². The van der Waals surface area contributed by atoms with Crippen molar-refractivity contribution in [2.75, 3.05) is 13.2 Å². The van der Waals surface area contributed by atoms with Crippen molar-refractivity contribution in [3.8, 4) is 5.75 Å². The van der Waals surface area contributed by atoms with E-state index >= 15 is 0 Å². The molecule has 0 spiro atoms. The normalized spacial score (nSPS) is 14.7. The van der Waals surface area contributed by atoms with Crippen molar-refractivity contribution < 1.29 is 19.4 Å². The van der Waals surface area contributed by atoms with E-state index in [1.54, 1.807) is 13.0 Å². The van der Waals surface area contributed by atoms with Gasteiger partial charge in [-0.25, -0.2) is 0 Å². The molecule has 1 aromatic carbocycles. The maximum Gasteiger partial charge on any atom is 0.308 e.